The molecular formula is C28H31FN2O2. The second kappa shape index (κ2) is 11.0. The zero-order valence-corrected chi connectivity index (χ0v) is 19.8. The van der Waals surface area contributed by atoms with Gasteiger partial charge in [0.15, 0.2) is 5.78 Å². The Bertz CT molecular complexity index is 1120. The van der Waals surface area contributed by atoms with E-state index in [9.17, 15) is 14.0 Å². The van der Waals surface area contributed by atoms with Crippen LogP contribution in [0, 0.1) is 18.7 Å². The summed E-state index contributed by atoms with van der Waals surface area (Å²) in [5.74, 6) is -0.234. The van der Waals surface area contributed by atoms with Gasteiger partial charge in [0.05, 0.1) is 5.69 Å². The number of aromatic nitrogens is 1. The third kappa shape index (κ3) is 6.13. The van der Waals surface area contributed by atoms with E-state index >= 15 is 0 Å². The van der Waals surface area contributed by atoms with Crippen LogP contribution in [0.3, 0.4) is 0 Å². The van der Waals surface area contributed by atoms with Crippen molar-refractivity contribution < 1.29 is 14.0 Å². The minimum absolute atomic E-state index is 0.0636. The number of hydrogen-bond acceptors (Lipinski definition) is 3. The molecule has 0 fully saturated rings. The van der Waals surface area contributed by atoms with Gasteiger partial charge in [-0.3, -0.25) is 14.6 Å². The van der Waals surface area contributed by atoms with E-state index in [2.05, 4.69) is 4.98 Å². The molecule has 0 aliphatic heterocycles. The lowest BCUT2D eigenvalue weighted by atomic mass is 9.99. The van der Waals surface area contributed by atoms with E-state index in [0.29, 0.717) is 42.6 Å². The first-order valence-electron chi connectivity index (χ1n) is 11.4. The van der Waals surface area contributed by atoms with Crippen molar-refractivity contribution in [3.05, 3.63) is 83.4 Å². The monoisotopic (exact) mass is 446 g/mol. The number of hydrogen-bond donors (Lipinski definition) is 0. The Morgan fingerprint density at radius 1 is 1.03 bits per heavy atom. The fourth-order valence-electron chi connectivity index (χ4n) is 3.82. The van der Waals surface area contributed by atoms with E-state index in [1.54, 1.807) is 31.3 Å². The number of ketones is 1. The van der Waals surface area contributed by atoms with E-state index in [-0.39, 0.29) is 17.6 Å². The van der Waals surface area contributed by atoms with Gasteiger partial charge in [-0.2, -0.15) is 0 Å². The average molecular weight is 447 g/mol. The van der Waals surface area contributed by atoms with E-state index in [1.165, 1.54) is 11.0 Å². The smallest absolute Gasteiger partial charge is 0.226 e. The summed E-state index contributed by atoms with van der Waals surface area (Å²) in [6.07, 6.45) is 3.13. The lowest BCUT2D eigenvalue weighted by Gasteiger charge is -2.25. The molecule has 1 aromatic heterocycles. The van der Waals surface area contributed by atoms with Crippen LogP contribution in [0.25, 0.3) is 11.1 Å². The average Bonchev–Trinajstić information content (AvgIpc) is 2.81. The molecule has 172 valence electrons. The SMILES string of the molecule is CCC(=O)N(CC(C)C)c1ccc(-c2ccc(C(=O)CCc3cccnc3C)cc2)cc1F. The van der Waals surface area contributed by atoms with Crippen LogP contribution >= 0.6 is 0 Å². The maximum absolute atomic E-state index is 15.0. The molecule has 3 rings (SSSR count). The maximum Gasteiger partial charge on any atom is 0.226 e. The van der Waals surface area contributed by atoms with Crippen molar-refractivity contribution in [2.24, 2.45) is 5.92 Å². The minimum atomic E-state index is -0.429. The molecule has 0 atom stereocenters. The summed E-state index contributed by atoms with van der Waals surface area (Å²) in [4.78, 5) is 30.7. The standard InChI is InChI=1S/C28H31FN2O2/c1-5-28(33)31(18-19(2)3)26-14-12-24(17-25(26)29)22-8-10-23(11-9-22)27(32)15-13-21-7-6-16-30-20(21)4/h6-12,14,16-17,19H,5,13,15,18H2,1-4H3. The number of benzene rings is 2. The third-order valence-corrected chi connectivity index (χ3v) is 5.67. The molecule has 0 N–H and O–H groups in total. The largest absolute Gasteiger partial charge is 0.309 e. The number of amides is 1. The number of rotatable bonds is 9. The fourth-order valence-corrected chi connectivity index (χ4v) is 3.82. The first-order chi connectivity index (χ1) is 15.8. The van der Waals surface area contributed by atoms with Crippen molar-refractivity contribution in [1.82, 2.24) is 4.98 Å². The highest BCUT2D eigenvalue weighted by atomic mass is 19.1. The van der Waals surface area contributed by atoms with Crippen LogP contribution in [0.5, 0.6) is 0 Å². The summed E-state index contributed by atoms with van der Waals surface area (Å²) in [6, 6.07) is 16.0. The quantitative estimate of drug-likeness (QED) is 0.357. The molecule has 0 spiro atoms. The molecule has 0 unspecified atom stereocenters. The second-order valence-corrected chi connectivity index (χ2v) is 8.67. The van der Waals surface area contributed by atoms with Gasteiger partial charge in [-0.15, -0.1) is 0 Å². The summed E-state index contributed by atoms with van der Waals surface area (Å²) >= 11 is 0. The number of aryl methyl sites for hydroxylation is 2. The summed E-state index contributed by atoms with van der Waals surface area (Å²) < 4.78 is 15.0. The Kier molecular flexibility index (Phi) is 8.10. The highest BCUT2D eigenvalue weighted by Gasteiger charge is 2.19. The van der Waals surface area contributed by atoms with Crippen LogP contribution in [0.2, 0.25) is 0 Å². The predicted molar refractivity (Wildman–Crippen MR) is 131 cm³/mol. The van der Waals surface area contributed by atoms with Crippen molar-refractivity contribution in [3.63, 3.8) is 0 Å². The van der Waals surface area contributed by atoms with Crippen molar-refractivity contribution in [2.75, 3.05) is 11.4 Å². The lowest BCUT2D eigenvalue weighted by Crippen LogP contribution is -2.34. The fraction of sp³-hybridized carbons (Fsp3) is 0.321. The number of pyridine rings is 1. The summed E-state index contributed by atoms with van der Waals surface area (Å²) in [5.41, 5.74) is 4.47. The van der Waals surface area contributed by atoms with Crippen LogP contribution < -0.4 is 4.90 Å². The predicted octanol–water partition coefficient (Wildman–Crippen LogP) is 6.41. The van der Waals surface area contributed by atoms with Gasteiger partial charge < -0.3 is 4.90 Å². The summed E-state index contributed by atoms with van der Waals surface area (Å²) in [6.45, 7) is 8.20. The van der Waals surface area contributed by atoms with Gasteiger partial charge in [0.1, 0.15) is 5.82 Å². The lowest BCUT2D eigenvalue weighted by molar-refractivity contribution is -0.118. The molecule has 1 amide bonds. The highest BCUT2D eigenvalue weighted by Crippen LogP contribution is 2.28. The normalized spacial score (nSPS) is 11.0. The van der Waals surface area contributed by atoms with Gasteiger partial charge in [-0.25, -0.2) is 4.39 Å². The molecule has 3 aromatic rings. The minimum Gasteiger partial charge on any atom is -0.309 e. The van der Waals surface area contributed by atoms with E-state index < -0.39 is 5.82 Å². The molecule has 0 radical (unpaired) electrons. The first-order valence-corrected chi connectivity index (χ1v) is 11.4. The summed E-state index contributed by atoms with van der Waals surface area (Å²) in [7, 11) is 0. The highest BCUT2D eigenvalue weighted by molar-refractivity contribution is 5.96. The van der Waals surface area contributed by atoms with Gasteiger partial charge in [-0.1, -0.05) is 57.2 Å². The molecule has 33 heavy (non-hydrogen) atoms. The topological polar surface area (TPSA) is 50.3 Å². The molecule has 0 aliphatic carbocycles. The maximum atomic E-state index is 15.0. The number of carbonyl (C=O) groups is 2. The molecule has 0 saturated carbocycles. The molecule has 1 heterocycles. The Morgan fingerprint density at radius 2 is 1.73 bits per heavy atom. The number of anilines is 1. The number of carbonyl (C=O) groups excluding carboxylic acids is 2. The van der Waals surface area contributed by atoms with Crippen molar-refractivity contribution >= 4 is 17.4 Å². The van der Waals surface area contributed by atoms with Crippen LogP contribution in [0.1, 0.15) is 55.2 Å². The zero-order chi connectivity index (χ0) is 24.0. The van der Waals surface area contributed by atoms with Crippen molar-refractivity contribution in [1.29, 1.82) is 0 Å². The Morgan fingerprint density at radius 3 is 2.33 bits per heavy atom. The van der Waals surface area contributed by atoms with Crippen LogP contribution in [0.4, 0.5) is 10.1 Å². The third-order valence-electron chi connectivity index (χ3n) is 5.67. The van der Waals surface area contributed by atoms with E-state index in [4.69, 9.17) is 0 Å². The molecule has 2 aromatic carbocycles. The molecule has 0 aliphatic rings. The molecule has 0 saturated heterocycles. The van der Waals surface area contributed by atoms with Gasteiger partial charge in [0, 0.05) is 36.8 Å². The van der Waals surface area contributed by atoms with Gasteiger partial charge in [0.25, 0.3) is 0 Å². The first kappa shape index (κ1) is 24.3. The zero-order valence-electron chi connectivity index (χ0n) is 19.8. The van der Waals surface area contributed by atoms with Crippen LogP contribution in [0.15, 0.2) is 60.8 Å². The Hall–Kier alpha value is -3.34. The molecule has 4 nitrogen and oxygen atoms in total. The second-order valence-electron chi connectivity index (χ2n) is 8.67. The van der Waals surface area contributed by atoms with Crippen molar-refractivity contribution in [2.45, 2.75) is 47.0 Å². The van der Waals surface area contributed by atoms with Gasteiger partial charge in [0.2, 0.25) is 5.91 Å². The molecular weight excluding hydrogens is 415 g/mol. The number of halogens is 1. The molecule has 5 heteroatoms. The van der Waals surface area contributed by atoms with E-state index in [0.717, 1.165) is 16.8 Å². The molecule has 0 bridgehead atoms. The number of nitrogens with zero attached hydrogens (tertiary/aromatic N) is 2. The Balaban J connectivity index is 1.73. The summed E-state index contributed by atoms with van der Waals surface area (Å²) in [5, 5.41) is 0. The van der Waals surface area contributed by atoms with Crippen LogP contribution in [-0.4, -0.2) is 23.2 Å². The van der Waals surface area contributed by atoms with E-state index in [1.807, 2.05) is 51.1 Å². The number of Topliss-reactive ketones (excluding diaryl/α,β-unsaturated/α-hetero) is 1. The van der Waals surface area contributed by atoms with Crippen LogP contribution in [-0.2, 0) is 11.2 Å². The van der Waals surface area contributed by atoms with Crippen molar-refractivity contribution in [3.8, 4) is 11.1 Å². The van der Waals surface area contributed by atoms with Gasteiger partial charge in [-0.05, 0) is 54.2 Å². The van der Waals surface area contributed by atoms with Gasteiger partial charge >= 0.3 is 0 Å². The Labute approximate surface area is 195 Å².